The average Bonchev–Trinajstić information content (AvgIpc) is 2.68. The van der Waals surface area contributed by atoms with Crippen molar-refractivity contribution in [2.24, 2.45) is 5.41 Å². The van der Waals surface area contributed by atoms with E-state index in [0.29, 0.717) is 22.8 Å². The van der Waals surface area contributed by atoms with Gasteiger partial charge in [0.1, 0.15) is 0 Å². The number of hydrogen-bond acceptors (Lipinski definition) is 7. The minimum absolute atomic E-state index is 0.00729. The van der Waals surface area contributed by atoms with Gasteiger partial charge in [0.2, 0.25) is 5.75 Å². The van der Waals surface area contributed by atoms with Gasteiger partial charge in [0, 0.05) is 12.0 Å². The Morgan fingerprint density at radius 3 is 2.00 bits per heavy atom. The lowest BCUT2D eigenvalue weighted by atomic mass is 9.78. The van der Waals surface area contributed by atoms with Crippen LogP contribution in [0.25, 0.3) is 0 Å². The number of carbonyl (C=O) groups is 2. The van der Waals surface area contributed by atoms with E-state index in [4.69, 9.17) is 23.7 Å². The minimum Gasteiger partial charge on any atom is -0.493 e. The number of benzene rings is 1. The van der Waals surface area contributed by atoms with E-state index in [1.54, 1.807) is 12.1 Å². The van der Waals surface area contributed by atoms with Gasteiger partial charge in [-0.3, -0.25) is 9.59 Å². The molecular weight excluding hydrogens is 340 g/mol. The summed E-state index contributed by atoms with van der Waals surface area (Å²) >= 11 is 0. The molecule has 7 nitrogen and oxygen atoms in total. The van der Waals surface area contributed by atoms with E-state index in [1.807, 2.05) is 0 Å². The molecule has 0 saturated heterocycles. The summed E-state index contributed by atoms with van der Waals surface area (Å²) in [5.41, 5.74) is 1.51. The predicted octanol–water partition coefficient (Wildman–Crippen LogP) is 2.32. The van der Waals surface area contributed by atoms with E-state index in [2.05, 4.69) is 12.3 Å². The van der Waals surface area contributed by atoms with Crippen LogP contribution in [-0.2, 0) is 25.5 Å². The summed E-state index contributed by atoms with van der Waals surface area (Å²) in [5, 5.41) is 0. The highest BCUT2D eigenvalue weighted by Crippen LogP contribution is 2.43. The largest absolute Gasteiger partial charge is 0.493 e. The lowest BCUT2D eigenvalue weighted by molar-refractivity contribution is -0.169. The molecule has 1 aromatic carbocycles. The number of esters is 2. The van der Waals surface area contributed by atoms with Gasteiger partial charge in [-0.1, -0.05) is 12.6 Å². The smallest absolute Gasteiger partial charge is 0.323 e. The Hall–Kier alpha value is -2.92. The Morgan fingerprint density at radius 1 is 1.00 bits per heavy atom. The zero-order valence-corrected chi connectivity index (χ0v) is 15.7. The van der Waals surface area contributed by atoms with Crippen molar-refractivity contribution < 1.29 is 33.3 Å². The monoisotopic (exact) mass is 364 g/mol. The van der Waals surface area contributed by atoms with E-state index in [-0.39, 0.29) is 12.8 Å². The number of ether oxygens (including phenoxy) is 5. The summed E-state index contributed by atoms with van der Waals surface area (Å²) in [6.07, 6.45) is 1.46. The quantitative estimate of drug-likeness (QED) is 0.378. The number of carbonyl (C=O) groups excluding carboxylic acids is 2. The fraction of sp³-hybridized carbons (Fsp3) is 0.421. The van der Waals surface area contributed by atoms with Gasteiger partial charge >= 0.3 is 11.9 Å². The van der Waals surface area contributed by atoms with Gasteiger partial charge in [-0.25, -0.2) is 0 Å². The van der Waals surface area contributed by atoms with Crippen LogP contribution in [0.3, 0.4) is 0 Å². The lowest BCUT2D eigenvalue weighted by Crippen LogP contribution is -2.43. The van der Waals surface area contributed by atoms with Gasteiger partial charge < -0.3 is 23.7 Å². The van der Waals surface area contributed by atoms with Gasteiger partial charge in [0.05, 0.1) is 35.5 Å². The Morgan fingerprint density at radius 2 is 1.58 bits per heavy atom. The lowest BCUT2D eigenvalue weighted by Gasteiger charge is -2.28. The molecule has 142 valence electrons. The maximum atomic E-state index is 12.5. The third kappa shape index (κ3) is 4.00. The second-order valence-corrected chi connectivity index (χ2v) is 5.35. The Balaban J connectivity index is 3.58. The van der Waals surface area contributed by atoms with E-state index in [0.717, 1.165) is 0 Å². The molecule has 0 amide bonds. The van der Waals surface area contributed by atoms with E-state index in [1.165, 1.54) is 41.6 Å². The van der Waals surface area contributed by atoms with Crippen LogP contribution in [0.4, 0.5) is 0 Å². The Bertz CT molecular complexity index is 686. The van der Waals surface area contributed by atoms with Crippen LogP contribution in [0, 0.1) is 5.41 Å². The molecule has 0 unspecified atom stereocenters. The minimum atomic E-state index is -1.61. The molecule has 0 bridgehead atoms. The molecule has 0 fully saturated rings. The van der Waals surface area contributed by atoms with Crippen LogP contribution in [0.15, 0.2) is 30.5 Å². The molecule has 7 heteroatoms. The fourth-order valence-corrected chi connectivity index (χ4v) is 2.73. The summed E-state index contributed by atoms with van der Waals surface area (Å²) in [6, 6.07) is 3.36. The van der Waals surface area contributed by atoms with Crippen LogP contribution < -0.4 is 14.2 Å². The van der Waals surface area contributed by atoms with E-state index >= 15 is 0 Å². The molecule has 0 aliphatic carbocycles. The zero-order valence-electron chi connectivity index (χ0n) is 15.7. The van der Waals surface area contributed by atoms with Gasteiger partial charge in [0.25, 0.3) is 0 Å². The van der Waals surface area contributed by atoms with Crippen LogP contribution in [0.1, 0.15) is 12.0 Å². The highest BCUT2D eigenvalue weighted by molar-refractivity contribution is 6.00. The second-order valence-electron chi connectivity index (χ2n) is 5.35. The van der Waals surface area contributed by atoms with Gasteiger partial charge in [-0.05, 0) is 18.6 Å². The summed E-state index contributed by atoms with van der Waals surface area (Å²) in [6.45, 7) is 3.48. The van der Waals surface area contributed by atoms with Crippen molar-refractivity contribution >= 4 is 11.9 Å². The molecule has 0 spiro atoms. The topological polar surface area (TPSA) is 80.3 Å². The van der Waals surface area contributed by atoms with E-state index in [9.17, 15) is 9.59 Å². The van der Waals surface area contributed by atoms with E-state index < -0.39 is 17.4 Å². The molecule has 0 atom stereocenters. The summed E-state index contributed by atoms with van der Waals surface area (Å²) in [4.78, 5) is 25.1. The fourth-order valence-electron chi connectivity index (χ4n) is 2.73. The van der Waals surface area contributed by atoms with Crippen molar-refractivity contribution in [3.05, 3.63) is 36.1 Å². The third-order valence-electron chi connectivity index (χ3n) is 4.03. The standard InChI is InChI=1S/C19H24O7/c1-7-8-11-19(17(20)25-5,18(21)26-6)12-13-9-10-14(22-2)16(24-4)15(13)23-3/h8-10H,1,11-12H2,2-6H3. The Labute approximate surface area is 153 Å². The van der Waals surface area contributed by atoms with Gasteiger partial charge in [-0.15, -0.1) is 5.73 Å². The third-order valence-corrected chi connectivity index (χ3v) is 4.03. The molecular formula is C19H24O7. The number of methoxy groups -OCH3 is 5. The summed E-state index contributed by atoms with van der Waals surface area (Å²) < 4.78 is 25.8. The molecule has 0 aliphatic rings. The van der Waals surface area contributed by atoms with Crippen molar-refractivity contribution in [2.45, 2.75) is 12.8 Å². The van der Waals surface area contributed by atoms with Gasteiger partial charge in [0.15, 0.2) is 16.9 Å². The molecule has 0 aliphatic heterocycles. The first kappa shape index (κ1) is 21.1. The van der Waals surface area contributed by atoms with Crippen LogP contribution in [0.2, 0.25) is 0 Å². The maximum absolute atomic E-state index is 12.5. The summed E-state index contributed by atoms with van der Waals surface area (Å²) in [5.74, 6) is -0.289. The number of hydrogen-bond donors (Lipinski definition) is 0. The second kappa shape index (κ2) is 9.53. The first-order valence-electron chi connectivity index (χ1n) is 7.74. The molecule has 0 radical (unpaired) electrons. The molecule has 0 saturated carbocycles. The molecule has 1 aromatic rings. The first-order valence-corrected chi connectivity index (χ1v) is 7.74. The Kier molecular flexibility index (Phi) is 7.75. The first-order chi connectivity index (χ1) is 12.4. The summed E-state index contributed by atoms with van der Waals surface area (Å²) in [7, 11) is 6.85. The van der Waals surface area contributed by atoms with Crippen molar-refractivity contribution in [3.63, 3.8) is 0 Å². The van der Waals surface area contributed by atoms with Crippen molar-refractivity contribution in [3.8, 4) is 17.2 Å². The van der Waals surface area contributed by atoms with Crippen LogP contribution in [-0.4, -0.2) is 47.5 Å². The average molecular weight is 364 g/mol. The van der Waals surface area contributed by atoms with Crippen molar-refractivity contribution in [1.82, 2.24) is 0 Å². The zero-order chi connectivity index (χ0) is 19.7. The van der Waals surface area contributed by atoms with Crippen molar-refractivity contribution in [1.29, 1.82) is 0 Å². The maximum Gasteiger partial charge on any atom is 0.323 e. The van der Waals surface area contributed by atoms with Crippen LogP contribution in [0.5, 0.6) is 17.2 Å². The molecule has 0 aromatic heterocycles. The molecule has 0 heterocycles. The molecule has 26 heavy (non-hydrogen) atoms. The van der Waals surface area contributed by atoms with Crippen LogP contribution >= 0.6 is 0 Å². The van der Waals surface area contributed by atoms with Crippen molar-refractivity contribution in [2.75, 3.05) is 35.5 Å². The highest BCUT2D eigenvalue weighted by atomic mass is 16.5. The normalized spacial score (nSPS) is 10.3. The molecule has 1 rings (SSSR count). The molecule has 0 N–H and O–H groups in total. The SMILES string of the molecule is C=C=CCC(Cc1ccc(OC)c(OC)c1OC)(C(=O)OC)C(=O)OC. The highest BCUT2D eigenvalue weighted by Gasteiger charge is 2.48. The van der Waals surface area contributed by atoms with Gasteiger partial charge in [-0.2, -0.15) is 0 Å². The number of rotatable bonds is 9. The number of allylic oxidation sites excluding steroid dienone is 1. The predicted molar refractivity (Wildman–Crippen MR) is 94.6 cm³/mol.